The minimum Gasteiger partial charge on any atom is -0.309 e. The van der Waals surface area contributed by atoms with Crippen molar-refractivity contribution in [3.05, 3.63) is 259 Å². The standard InChI is InChI=1S/C63H39N/c1-2-16-40(17-3-1)61-49-22-4-6-24-51(49)62(52-25-7-5-23-50(52)61)41-30-34-44(35-31-41)64-59-29-15-11-21-48(59)54-39-43(33-37-60(54)64)42-32-36-58-53(38-42)47-20-10-14-28-57(47)63(58)55-26-12-8-18-45(55)46-19-9-13-27-56(46)63/h1-39H. The third-order valence-electron chi connectivity index (χ3n) is 14.4. The van der Waals surface area contributed by atoms with Gasteiger partial charge in [-0.15, -0.1) is 0 Å². The second kappa shape index (κ2) is 13.4. The zero-order valence-electron chi connectivity index (χ0n) is 35.0. The molecule has 2 aliphatic carbocycles. The number of hydrogen-bond donors (Lipinski definition) is 0. The van der Waals surface area contributed by atoms with Crippen LogP contribution >= 0.6 is 0 Å². The van der Waals surface area contributed by atoms with Crippen molar-refractivity contribution < 1.29 is 0 Å². The molecule has 1 aromatic heterocycles. The van der Waals surface area contributed by atoms with Crippen molar-refractivity contribution in [2.75, 3.05) is 0 Å². The van der Waals surface area contributed by atoms with E-state index in [1.165, 1.54) is 121 Å². The molecule has 296 valence electrons. The lowest BCUT2D eigenvalue weighted by Crippen LogP contribution is -2.25. The van der Waals surface area contributed by atoms with E-state index in [1.807, 2.05) is 0 Å². The molecule has 1 spiro atoms. The van der Waals surface area contributed by atoms with Crippen LogP contribution in [0.4, 0.5) is 0 Å². The molecule has 0 aliphatic heterocycles. The van der Waals surface area contributed by atoms with Crippen LogP contribution in [0.5, 0.6) is 0 Å². The van der Waals surface area contributed by atoms with Crippen LogP contribution < -0.4 is 0 Å². The first-order valence-corrected chi connectivity index (χ1v) is 22.3. The maximum atomic E-state index is 2.45. The van der Waals surface area contributed by atoms with Crippen LogP contribution in [0.1, 0.15) is 22.3 Å². The Morgan fingerprint density at radius 1 is 0.250 bits per heavy atom. The molecule has 1 heterocycles. The first-order chi connectivity index (χ1) is 31.8. The molecule has 12 aromatic rings. The lowest BCUT2D eigenvalue weighted by molar-refractivity contribution is 0.794. The minimum atomic E-state index is -0.337. The quantitative estimate of drug-likeness (QED) is 0.156. The summed E-state index contributed by atoms with van der Waals surface area (Å²) >= 11 is 0. The Labute approximate surface area is 371 Å². The monoisotopic (exact) mass is 809 g/mol. The Morgan fingerprint density at radius 2 is 0.656 bits per heavy atom. The molecule has 0 unspecified atom stereocenters. The number of benzene rings is 11. The van der Waals surface area contributed by atoms with Gasteiger partial charge in [0.25, 0.3) is 0 Å². The molecule has 2 aliphatic rings. The van der Waals surface area contributed by atoms with Crippen LogP contribution in [-0.4, -0.2) is 4.57 Å². The number of hydrogen-bond acceptors (Lipinski definition) is 0. The van der Waals surface area contributed by atoms with E-state index < -0.39 is 0 Å². The highest BCUT2D eigenvalue weighted by Gasteiger charge is 2.51. The summed E-state index contributed by atoms with van der Waals surface area (Å²) in [7, 11) is 0. The second-order valence-electron chi connectivity index (χ2n) is 17.5. The Hall–Kier alpha value is -8.26. The van der Waals surface area contributed by atoms with E-state index in [-0.39, 0.29) is 5.41 Å². The molecule has 0 saturated carbocycles. The normalized spacial score (nSPS) is 13.1. The van der Waals surface area contributed by atoms with Crippen LogP contribution in [0.2, 0.25) is 0 Å². The molecule has 64 heavy (non-hydrogen) atoms. The predicted octanol–water partition coefficient (Wildman–Crippen LogP) is 16.4. The van der Waals surface area contributed by atoms with Gasteiger partial charge in [0.1, 0.15) is 0 Å². The SMILES string of the molecule is c1ccc(-c2c3ccccc3c(-c3ccc(-n4c5ccccc5c5cc(-c6ccc7c(c6)-c6ccccc6C76c7ccccc7-c7ccccc76)ccc54)cc3)c3ccccc23)cc1. The number of aromatic nitrogens is 1. The molecule has 0 bridgehead atoms. The molecule has 0 radical (unpaired) electrons. The summed E-state index contributed by atoms with van der Waals surface area (Å²) in [5, 5.41) is 7.57. The summed E-state index contributed by atoms with van der Waals surface area (Å²) in [5.74, 6) is 0. The molecule has 1 heteroatoms. The van der Waals surface area contributed by atoms with Gasteiger partial charge in [0, 0.05) is 16.5 Å². The van der Waals surface area contributed by atoms with Crippen LogP contribution in [0.3, 0.4) is 0 Å². The summed E-state index contributed by atoms with van der Waals surface area (Å²) in [6, 6.07) is 88.1. The second-order valence-corrected chi connectivity index (χ2v) is 17.5. The highest BCUT2D eigenvalue weighted by atomic mass is 15.0. The van der Waals surface area contributed by atoms with E-state index in [9.17, 15) is 0 Å². The molecular formula is C63H39N. The van der Waals surface area contributed by atoms with Gasteiger partial charge in [0.15, 0.2) is 0 Å². The van der Waals surface area contributed by atoms with Crippen molar-refractivity contribution in [2.24, 2.45) is 0 Å². The van der Waals surface area contributed by atoms with Crippen LogP contribution in [-0.2, 0) is 5.41 Å². The van der Waals surface area contributed by atoms with Crippen molar-refractivity contribution in [2.45, 2.75) is 5.41 Å². The summed E-state index contributed by atoms with van der Waals surface area (Å²) in [5.41, 5.74) is 21.5. The molecule has 0 fully saturated rings. The number of nitrogens with zero attached hydrogens (tertiary/aromatic N) is 1. The maximum absolute atomic E-state index is 2.45. The molecule has 0 N–H and O–H groups in total. The Morgan fingerprint density at radius 3 is 1.25 bits per heavy atom. The molecule has 0 atom stereocenters. The largest absolute Gasteiger partial charge is 0.309 e. The Kier molecular flexibility index (Phi) is 7.38. The van der Waals surface area contributed by atoms with Gasteiger partial charge >= 0.3 is 0 Å². The third-order valence-corrected chi connectivity index (χ3v) is 14.4. The fourth-order valence-electron chi connectivity index (χ4n) is 11.8. The number of para-hydroxylation sites is 1. The van der Waals surface area contributed by atoms with E-state index in [0.29, 0.717) is 0 Å². The van der Waals surface area contributed by atoms with Gasteiger partial charge < -0.3 is 4.57 Å². The third kappa shape index (κ3) is 4.73. The first-order valence-electron chi connectivity index (χ1n) is 22.3. The predicted molar refractivity (Wildman–Crippen MR) is 268 cm³/mol. The molecule has 11 aromatic carbocycles. The van der Waals surface area contributed by atoms with Gasteiger partial charge in [-0.1, -0.05) is 200 Å². The van der Waals surface area contributed by atoms with Crippen molar-refractivity contribution in [1.82, 2.24) is 4.57 Å². The van der Waals surface area contributed by atoms with Gasteiger partial charge in [-0.2, -0.15) is 0 Å². The van der Waals surface area contributed by atoms with E-state index in [1.54, 1.807) is 0 Å². The lowest BCUT2D eigenvalue weighted by atomic mass is 9.70. The fraction of sp³-hybridized carbons (Fsp3) is 0.0159. The number of fused-ring (bicyclic) bond motifs is 15. The summed E-state index contributed by atoms with van der Waals surface area (Å²) in [6.45, 7) is 0. The van der Waals surface area contributed by atoms with Gasteiger partial charge in [-0.25, -0.2) is 0 Å². The highest BCUT2D eigenvalue weighted by molar-refractivity contribution is 6.21. The van der Waals surface area contributed by atoms with Crippen molar-refractivity contribution in [3.63, 3.8) is 0 Å². The first kappa shape index (κ1) is 35.3. The van der Waals surface area contributed by atoms with Crippen molar-refractivity contribution in [3.8, 4) is 61.3 Å². The molecule has 0 saturated heterocycles. The summed E-state index contributed by atoms with van der Waals surface area (Å²) in [6.07, 6.45) is 0. The zero-order chi connectivity index (χ0) is 41.9. The minimum absolute atomic E-state index is 0.337. The van der Waals surface area contributed by atoms with E-state index in [4.69, 9.17) is 0 Å². The molecule has 14 rings (SSSR count). The maximum Gasteiger partial charge on any atom is 0.0725 e. The van der Waals surface area contributed by atoms with E-state index in [0.717, 1.165) is 5.69 Å². The number of rotatable bonds is 4. The lowest BCUT2D eigenvalue weighted by Gasteiger charge is -2.30. The fourth-order valence-corrected chi connectivity index (χ4v) is 11.8. The summed E-state index contributed by atoms with van der Waals surface area (Å²) < 4.78 is 2.44. The summed E-state index contributed by atoms with van der Waals surface area (Å²) in [4.78, 5) is 0. The average molecular weight is 810 g/mol. The molecule has 0 amide bonds. The topological polar surface area (TPSA) is 4.93 Å². The zero-order valence-corrected chi connectivity index (χ0v) is 35.0. The molecule has 1 nitrogen and oxygen atoms in total. The smallest absolute Gasteiger partial charge is 0.0725 e. The van der Waals surface area contributed by atoms with Crippen LogP contribution in [0, 0.1) is 0 Å². The van der Waals surface area contributed by atoms with E-state index >= 15 is 0 Å². The van der Waals surface area contributed by atoms with Gasteiger partial charge in [-0.05, 0) is 136 Å². The van der Waals surface area contributed by atoms with Gasteiger partial charge in [-0.3, -0.25) is 0 Å². The van der Waals surface area contributed by atoms with Crippen LogP contribution in [0.25, 0.3) is 105 Å². The van der Waals surface area contributed by atoms with Gasteiger partial charge in [0.05, 0.1) is 16.4 Å². The van der Waals surface area contributed by atoms with Crippen molar-refractivity contribution in [1.29, 1.82) is 0 Å². The van der Waals surface area contributed by atoms with Crippen LogP contribution in [0.15, 0.2) is 237 Å². The molecular weight excluding hydrogens is 771 g/mol. The Balaban J connectivity index is 0.902. The van der Waals surface area contributed by atoms with Crippen molar-refractivity contribution >= 4 is 43.4 Å². The Bertz CT molecular complexity index is 3780. The average Bonchev–Trinajstić information content (AvgIpc) is 3.97. The van der Waals surface area contributed by atoms with Gasteiger partial charge in [0.2, 0.25) is 0 Å². The highest BCUT2D eigenvalue weighted by Crippen LogP contribution is 2.63. The van der Waals surface area contributed by atoms with E-state index in [2.05, 4.69) is 241 Å².